The highest BCUT2D eigenvalue weighted by Gasteiger charge is 2.21. The molecular weight excluding hydrogens is 438 g/mol. The van der Waals surface area contributed by atoms with Gasteiger partial charge in [0.05, 0.1) is 23.2 Å². The molecule has 0 unspecified atom stereocenters. The molecule has 1 fully saturated rings. The molecule has 2 aromatic carbocycles. The SMILES string of the molecule is CC(C)N(Cc1nnc(-c2ccccc2Cl)o1)C(=O)CCc1cccc(OC2CCCC2)c1. The maximum absolute atomic E-state index is 13.0. The molecule has 174 valence electrons. The van der Waals surface area contributed by atoms with Crippen molar-refractivity contribution in [1.82, 2.24) is 15.1 Å². The van der Waals surface area contributed by atoms with E-state index in [9.17, 15) is 4.79 Å². The number of halogens is 1. The standard InChI is InChI=1S/C26H30ClN3O3/c1-18(2)30(17-24-28-29-26(33-24)22-12-5-6-13-23(22)27)25(31)15-14-19-8-7-11-21(16-19)32-20-9-3-4-10-20/h5-8,11-13,16,18,20H,3-4,9-10,14-15,17H2,1-2H3. The highest BCUT2D eigenvalue weighted by molar-refractivity contribution is 6.33. The largest absolute Gasteiger partial charge is 0.490 e. The van der Waals surface area contributed by atoms with Gasteiger partial charge < -0.3 is 14.1 Å². The molecular formula is C26H30ClN3O3. The molecule has 4 rings (SSSR count). The van der Waals surface area contributed by atoms with Crippen LogP contribution in [0.5, 0.6) is 5.75 Å². The predicted molar refractivity (Wildman–Crippen MR) is 128 cm³/mol. The Balaban J connectivity index is 1.37. The first-order valence-electron chi connectivity index (χ1n) is 11.6. The van der Waals surface area contributed by atoms with E-state index in [1.54, 1.807) is 11.0 Å². The van der Waals surface area contributed by atoms with Gasteiger partial charge in [-0.3, -0.25) is 4.79 Å². The second-order valence-corrected chi connectivity index (χ2v) is 9.18. The fraction of sp³-hybridized carbons (Fsp3) is 0.423. The summed E-state index contributed by atoms with van der Waals surface area (Å²) in [5, 5.41) is 8.79. The van der Waals surface area contributed by atoms with Crippen molar-refractivity contribution < 1.29 is 13.9 Å². The summed E-state index contributed by atoms with van der Waals surface area (Å²) >= 11 is 6.23. The highest BCUT2D eigenvalue weighted by Crippen LogP contribution is 2.27. The molecule has 1 amide bonds. The number of carbonyl (C=O) groups is 1. The molecule has 1 aromatic heterocycles. The first-order chi connectivity index (χ1) is 16.0. The summed E-state index contributed by atoms with van der Waals surface area (Å²) in [5.41, 5.74) is 1.78. The minimum atomic E-state index is 0.00481. The average Bonchev–Trinajstić information content (AvgIpc) is 3.48. The number of carbonyl (C=O) groups excluding carboxylic acids is 1. The minimum Gasteiger partial charge on any atom is -0.490 e. The van der Waals surface area contributed by atoms with Crippen LogP contribution in [-0.4, -0.2) is 33.2 Å². The van der Waals surface area contributed by atoms with E-state index in [1.165, 1.54) is 12.8 Å². The monoisotopic (exact) mass is 467 g/mol. The van der Waals surface area contributed by atoms with Crippen LogP contribution < -0.4 is 4.74 Å². The molecule has 1 aliphatic rings. The minimum absolute atomic E-state index is 0.00481. The summed E-state index contributed by atoms with van der Waals surface area (Å²) in [6, 6.07) is 15.4. The van der Waals surface area contributed by atoms with Crippen molar-refractivity contribution in [3.05, 3.63) is 65.0 Å². The van der Waals surface area contributed by atoms with E-state index in [0.717, 1.165) is 24.2 Å². The van der Waals surface area contributed by atoms with Crippen LogP contribution in [0.2, 0.25) is 5.02 Å². The zero-order valence-electron chi connectivity index (χ0n) is 19.2. The Morgan fingerprint density at radius 2 is 1.94 bits per heavy atom. The highest BCUT2D eigenvalue weighted by atomic mass is 35.5. The molecule has 3 aromatic rings. The summed E-state index contributed by atoms with van der Waals surface area (Å²) in [5.74, 6) is 1.68. The Labute approximate surface area is 199 Å². The van der Waals surface area contributed by atoms with E-state index in [4.69, 9.17) is 20.8 Å². The molecule has 0 atom stereocenters. The lowest BCUT2D eigenvalue weighted by molar-refractivity contribution is -0.133. The van der Waals surface area contributed by atoms with E-state index in [1.807, 2.05) is 50.2 Å². The van der Waals surface area contributed by atoms with Crippen LogP contribution in [0.1, 0.15) is 57.4 Å². The zero-order valence-corrected chi connectivity index (χ0v) is 19.9. The van der Waals surface area contributed by atoms with Crippen LogP contribution in [-0.2, 0) is 17.8 Å². The van der Waals surface area contributed by atoms with Gasteiger partial charge in [0.25, 0.3) is 0 Å². The number of benzene rings is 2. The van der Waals surface area contributed by atoms with Crippen LogP contribution in [0.25, 0.3) is 11.5 Å². The van der Waals surface area contributed by atoms with Crippen LogP contribution in [0.3, 0.4) is 0 Å². The summed E-state index contributed by atoms with van der Waals surface area (Å²) in [7, 11) is 0. The van der Waals surface area contributed by atoms with Gasteiger partial charge in [0, 0.05) is 12.5 Å². The molecule has 1 aliphatic carbocycles. The fourth-order valence-electron chi connectivity index (χ4n) is 4.13. The maximum atomic E-state index is 13.0. The summed E-state index contributed by atoms with van der Waals surface area (Å²) in [6.07, 6.45) is 6.10. The predicted octanol–water partition coefficient (Wildman–Crippen LogP) is 6.08. The molecule has 0 radical (unpaired) electrons. The molecule has 0 spiro atoms. The van der Waals surface area contributed by atoms with Crippen LogP contribution in [0.4, 0.5) is 0 Å². The molecule has 33 heavy (non-hydrogen) atoms. The average molecular weight is 468 g/mol. The van der Waals surface area contributed by atoms with Gasteiger partial charge in [-0.25, -0.2) is 0 Å². The van der Waals surface area contributed by atoms with Crippen molar-refractivity contribution in [2.75, 3.05) is 0 Å². The van der Waals surface area contributed by atoms with Crippen molar-refractivity contribution in [2.24, 2.45) is 0 Å². The van der Waals surface area contributed by atoms with Gasteiger partial charge in [-0.15, -0.1) is 10.2 Å². The van der Waals surface area contributed by atoms with Gasteiger partial charge >= 0.3 is 0 Å². The van der Waals surface area contributed by atoms with Crippen molar-refractivity contribution in [2.45, 2.75) is 71.1 Å². The first-order valence-corrected chi connectivity index (χ1v) is 12.0. The van der Waals surface area contributed by atoms with Crippen LogP contribution in [0, 0.1) is 0 Å². The van der Waals surface area contributed by atoms with Crippen molar-refractivity contribution in [3.8, 4) is 17.2 Å². The molecule has 1 saturated carbocycles. The molecule has 0 saturated heterocycles. The smallest absolute Gasteiger partial charge is 0.249 e. The van der Waals surface area contributed by atoms with E-state index in [2.05, 4.69) is 16.3 Å². The number of hydrogen-bond acceptors (Lipinski definition) is 5. The van der Waals surface area contributed by atoms with Gasteiger partial charge in [0.2, 0.25) is 17.7 Å². The van der Waals surface area contributed by atoms with E-state index in [-0.39, 0.29) is 18.5 Å². The number of rotatable bonds is 9. The Morgan fingerprint density at radius 3 is 2.70 bits per heavy atom. The second-order valence-electron chi connectivity index (χ2n) is 8.77. The Kier molecular flexibility index (Phi) is 7.65. The Hall–Kier alpha value is -2.86. The van der Waals surface area contributed by atoms with Gasteiger partial charge in [0.1, 0.15) is 5.75 Å². The Bertz CT molecular complexity index is 1080. The normalized spacial score (nSPS) is 14.1. The molecule has 0 bridgehead atoms. The van der Waals surface area contributed by atoms with Crippen LogP contribution >= 0.6 is 11.6 Å². The van der Waals surface area contributed by atoms with Crippen molar-refractivity contribution >= 4 is 17.5 Å². The van der Waals surface area contributed by atoms with Gasteiger partial charge in [0.15, 0.2) is 0 Å². The van der Waals surface area contributed by atoms with Gasteiger partial charge in [-0.05, 0) is 75.8 Å². The third-order valence-electron chi connectivity index (χ3n) is 5.95. The molecule has 0 aliphatic heterocycles. The molecule has 6 nitrogen and oxygen atoms in total. The number of amides is 1. The van der Waals surface area contributed by atoms with E-state index >= 15 is 0 Å². The maximum Gasteiger partial charge on any atom is 0.249 e. The quantitative estimate of drug-likeness (QED) is 0.381. The number of hydrogen-bond donors (Lipinski definition) is 0. The van der Waals surface area contributed by atoms with Crippen molar-refractivity contribution in [3.63, 3.8) is 0 Å². The Morgan fingerprint density at radius 1 is 1.15 bits per heavy atom. The summed E-state index contributed by atoms with van der Waals surface area (Å²) < 4.78 is 11.9. The third kappa shape index (κ3) is 6.14. The number of ether oxygens (including phenoxy) is 1. The second kappa shape index (κ2) is 10.8. The zero-order chi connectivity index (χ0) is 23.2. The lowest BCUT2D eigenvalue weighted by atomic mass is 10.1. The molecule has 1 heterocycles. The topological polar surface area (TPSA) is 68.5 Å². The van der Waals surface area contributed by atoms with Crippen LogP contribution in [0.15, 0.2) is 52.9 Å². The van der Waals surface area contributed by atoms with Crippen molar-refractivity contribution in [1.29, 1.82) is 0 Å². The third-order valence-corrected chi connectivity index (χ3v) is 6.28. The molecule has 0 N–H and O–H groups in total. The first kappa shape index (κ1) is 23.3. The lowest BCUT2D eigenvalue weighted by Gasteiger charge is -2.25. The van der Waals surface area contributed by atoms with Gasteiger partial charge in [-0.1, -0.05) is 35.9 Å². The fourth-order valence-corrected chi connectivity index (χ4v) is 4.35. The number of aromatic nitrogens is 2. The lowest BCUT2D eigenvalue weighted by Crippen LogP contribution is -2.36. The summed E-state index contributed by atoms with van der Waals surface area (Å²) in [6.45, 7) is 4.23. The van der Waals surface area contributed by atoms with E-state index < -0.39 is 0 Å². The number of nitrogens with zero attached hydrogens (tertiary/aromatic N) is 3. The number of aryl methyl sites for hydroxylation is 1. The van der Waals surface area contributed by atoms with E-state index in [0.29, 0.717) is 41.3 Å². The molecule has 7 heteroatoms. The summed E-state index contributed by atoms with van der Waals surface area (Å²) in [4.78, 5) is 14.8. The van der Waals surface area contributed by atoms with Gasteiger partial charge in [-0.2, -0.15) is 0 Å².